The van der Waals surface area contributed by atoms with Crippen LogP contribution in [0.5, 0.6) is 0 Å². The SMILES string of the molecule is C=C(CC(C)=O)c1ccccc1[C@H](Nc1ncccn1)[C@@H](C)C(C)C. The van der Waals surface area contributed by atoms with Gasteiger partial charge in [0.15, 0.2) is 0 Å². The van der Waals surface area contributed by atoms with E-state index in [1.807, 2.05) is 18.2 Å². The largest absolute Gasteiger partial charge is 0.347 e. The third-order valence-corrected chi connectivity index (χ3v) is 4.57. The first-order valence-corrected chi connectivity index (χ1v) is 8.70. The standard InChI is InChI=1S/C21H27N3O/c1-14(2)17(5)20(24-21-22-11-8-12-23-21)19-10-7-6-9-18(19)15(3)13-16(4)25/h6-12,14,17,20H,3,13H2,1-2,4-5H3,(H,22,23,24)/t17-,20+/m0/s1. The van der Waals surface area contributed by atoms with E-state index in [2.05, 4.69) is 48.7 Å². The average Bonchev–Trinajstić information content (AvgIpc) is 2.59. The minimum absolute atomic E-state index is 0.0299. The van der Waals surface area contributed by atoms with Gasteiger partial charge in [-0.05, 0) is 41.5 Å². The van der Waals surface area contributed by atoms with Gasteiger partial charge in [0.25, 0.3) is 0 Å². The van der Waals surface area contributed by atoms with E-state index in [0.29, 0.717) is 24.2 Å². The molecule has 1 aromatic carbocycles. The van der Waals surface area contributed by atoms with Crippen LogP contribution in [0.4, 0.5) is 5.95 Å². The fraction of sp³-hybridized carbons (Fsp3) is 0.381. The summed E-state index contributed by atoms with van der Waals surface area (Å²) in [6.45, 7) is 12.4. The van der Waals surface area contributed by atoms with Crippen molar-refractivity contribution in [3.63, 3.8) is 0 Å². The van der Waals surface area contributed by atoms with E-state index >= 15 is 0 Å². The van der Waals surface area contributed by atoms with Crippen LogP contribution in [0.15, 0.2) is 49.3 Å². The Bertz CT molecular complexity index is 725. The molecular weight excluding hydrogens is 310 g/mol. The Balaban J connectivity index is 2.43. The molecule has 0 saturated heterocycles. The summed E-state index contributed by atoms with van der Waals surface area (Å²) in [5, 5.41) is 3.48. The number of nitrogens with zero attached hydrogens (tertiary/aromatic N) is 2. The van der Waals surface area contributed by atoms with Crippen LogP contribution in [0.3, 0.4) is 0 Å². The van der Waals surface area contributed by atoms with Crippen molar-refractivity contribution in [3.8, 4) is 0 Å². The van der Waals surface area contributed by atoms with Crippen LogP contribution < -0.4 is 5.32 Å². The normalized spacial score (nSPS) is 13.3. The van der Waals surface area contributed by atoms with Gasteiger partial charge < -0.3 is 5.32 Å². The average molecular weight is 337 g/mol. The highest BCUT2D eigenvalue weighted by molar-refractivity contribution is 5.88. The molecule has 0 amide bonds. The number of aromatic nitrogens is 2. The maximum absolute atomic E-state index is 11.5. The van der Waals surface area contributed by atoms with E-state index in [9.17, 15) is 4.79 Å². The minimum Gasteiger partial charge on any atom is -0.347 e. The summed E-state index contributed by atoms with van der Waals surface area (Å²) in [6.07, 6.45) is 3.82. The van der Waals surface area contributed by atoms with E-state index in [-0.39, 0.29) is 11.8 Å². The van der Waals surface area contributed by atoms with Gasteiger partial charge >= 0.3 is 0 Å². The van der Waals surface area contributed by atoms with Gasteiger partial charge in [-0.2, -0.15) is 0 Å². The predicted octanol–water partition coefficient (Wildman–Crippen LogP) is 4.91. The van der Waals surface area contributed by atoms with E-state index in [1.165, 1.54) is 0 Å². The summed E-state index contributed by atoms with van der Waals surface area (Å²) in [5.74, 6) is 1.53. The van der Waals surface area contributed by atoms with Gasteiger partial charge in [0.05, 0.1) is 6.04 Å². The first kappa shape index (κ1) is 18.8. The molecule has 0 aliphatic rings. The number of nitrogens with one attached hydrogen (secondary N) is 1. The van der Waals surface area contributed by atoms with Gasteiger partial charge in [-0.15, -0.1) is 0 Å². The van der Waals surface area contributed by atoms with E-state index in [1.54, 1.807) is 25.4 Å². The van der Waals surface area contributed by atoms with Crippen LogP contribution in [0.25, 0.3) is 5.57 Å². The number of carbonyl (C=O) groups is 1. The Morgan fingerprint density at radius 3 is 2.36 bits per heavy atom. The molecule has 4 nitrogen and oxygen atoms in total. The van der Waals surface area contributed by atoms with Crippen molar-refractivity contribution in [2.45, 2.75) is 40.2 Å². The van der Waals surface area contributed by atoms with Crippen molar-refractivity contribution >= 4 is 17.3 Å². The summed E-state index contributed by atoms with van der Waals surface area (Å²) in [7, 11) is 0. The zero-order chi connectivity index (χ0) is 18.4. The van der Waals surface area contributed by atoms with Crippen molar-refractivity contribution in [1.82, 2.24) is 9.97 Å². The van der Waals surface area contributed by atoms with Crippen LogP contribution in [-0.4, -0.2) is 15.8 Å². The Morgan fingerprint density at radius 1 is 1.12 bits per heavy atom. The minimum atomic E-state index is 0.0299. The first-order chi connectivity index (χ1) is 11.9. The Hall–Kier alpha value is -2.49. The summed E-state index contributed by atoms with van der Waals surface area (Å²) >= 11 is 0. The van der Waals surface area contributed by atoms with Crippen LogP contribution in [-0.2, 0) is 4.79 Å². The Morgan fingerprint density at radius 2 is 1.76 bits per heavy atom. The predicted molar refractivity (Wildman–Crippen MR) is 103 cm³/mol. The van der Waals surface area contributed by atoms with Crippen molar-refractivity contribution in [2.75, 3.05) is 5.32 Å². The second kappa shape index (κ2) is 8.56. The zero-order valence-electron chi connectivity index (χ0n) is 15.5. The third-order valence-electron chi connectivity index (χ3n) is 4.57. The number of anilines is 1. The number of hydrogen-bond donors (Lipinski definition) is 1. The van der Waals surface area contributed by atoms with E-state index in [0.717, 1.165) is 16.7 Å². The number of ketones is 1. The summed E-state index contributed by atoms with van der Waals surface area (Å²) in [5.41, 5.74) is 3.00. The molecule has 0 saturated carbocycles. The van der Waals surface area contributed by atoms with Crippen molar-refractivity contribution in [3.05, 3.63) is 60.4 Å². The second-order valence-electron chi connectivity index (χ2n) is 6.87. The molecule has 132 valence electrons. The highest BCUT2D eigenvalue weighted by Crippen LogP contribution is 2.35. The molecule has 0 radical (unpaired) electrons. The van der Waals surface area contributed by atoms with Gasteiger partial charge in [-0.25, -0.2) is 9.97 Å². The number of benzene rings is 1. The molecule has 0 unspecified atom stereocenters. The summed E-state index contributed by atoms with van der Waals surface area (Å²) < 4.78 is 0. The molecule has 2 atom stereocenters. The number of Topliss-reactive ketones (excluding diaryl/α,β-unsaturated/α-hetero) is 1. The summed E-state index contributed by atoms with van der Waals surface area (Å²) in [6, 6.07) is 9.97. The van der Waals surface area contributed by atoms with Crippen LogP contribution in [0, 0.1) is 11.8 Å². The Kier molecular flexibility index (Phi) is 6.45. The van der Waals surface area contributed by atoms with Gasteiger partial charge in [0.1, 0.15) is 5.78 Å². The molecule has 1 aromatic heterocycles. The van der Waals surface area contributed by atoms with E-state index < -0.39 is 0 Å². The molecule has 0 aliphatic heterocycles. The number of rotatable bonds is 8. The molecule has 0 fully saturated rings. The van der Waals surface area contributed by atoms with Gasteiger partial charge in [0, 0.05) is 18.8 Å². The van der Waals surface area contributed by atoms with Gasteiger partial charge in [-0.1, -0.05) is 51.6 Å². The maximum Gasteiger partial charge on any atom is 0.223 e. The maximum atomic E-state index is 11.5. The first-order valence-electron chi connectivity index (χ1n) is 8.70. The molecule has 1 N–H and O–H groups in total. The lowest BCUT2D eigenvalue weighted by molar-refractivity contribution is -0.116. The van der Waals surface area contributed by atoms with Gasteiger partial charge in [0.2, 0.25) is 5.95 Å². The lowest BCUT2D eigenvalue weighted by atomic mass is 9.82. The van der Waals surface area contributed by atoms with Crippen molar-refractivity contribution < 1.29 is 4.79 Å². The molecule has 0 aliphatic carbocycles. The monoisotopic (exact) mass is 337 g/mol. The lowest BCUT2D eigenvalue weighted by Gasteiger charge is -2.30. The highest BCUT2D eigenvalue weighted by Gasteiger charge is 2.25. The molecule has 2 aromatic rings. The smallest absolute Gasteiger partial charge is 0.223 e. The fourth-order valence-corrected chi connectivity index (χ4v) is 2.88. The van der Waals surface area contributed by atoms with Crippen molar-refractivity contribution in [1.29, 1.82) is 0 Å². The lowest BCUT2D eigenvalue weighted by Crippen LogP contribution is -2.24. The number of hydrogen-bond acceptors (Lipinski definition) is 4. The molecular formula is C21H27N3O. The molecule has 0 bridgehead atoms. The van der Waals surface area contributed by atoms with Crippen LogP contribution in [0.1, 0.15) is 51.3 Å². The zero-order valence-corrected chi connectivity index (χ0v) is 15.5. The topological polar surface area (TPSA) is 54.9 Å². The molecule has 2 rings (SSSR count). The highest BCUT2D eigenvalue weighted by atomic mass is 16.1. The number of allylic oxidation sites excluding steroid dienone is 1. The van der Waals surface area contributed by atoms with Crippen molar-refractivity contribution in [2.24, 2.45) is 11.8 Å². The molecule has 25 heavy (non-hydrogen) atoms. The second-order valence-corrected chi connectivity index (χ2v) is 6.87. The van der Waals surface area contributed by atoms with Crippen LogP contribution >= 0.6 is 0 Å². The van der Waals surface area contributed by atoms with Gasteiger partial charge in [-0.3, -0.25) is 4.79 Å². The van der Waals surface area contributed by atoms with Crippen LogP contribution in [0.2, 0.25) is 0 Å². The summed E-state index contributed by atoms with van der Waals surface area (Å²) in [4.78, 5) is 20.2. The quantitative estimate of drug-likeness (QED) is 0.743. The fourth-order valence-electron chi connectivity index (χ4n) is 2.88. The molecule has 0 spiro atoms. The molecule has 4 heteroatoms. The van der Waals surface area contributed by atoms with E-state index in [4.69, 9.17) is 0 Å². The third kappa shape index (κ3) is 4.99. The Labute approximate surface area is 150 Å². The number of carbonyl (C=O) groups excluding carboxylic acids is 1. The molecule has 1 heterocycles.